The van der Waals surface area contributed by atoms with Crippen LogP contribution in [0.1, 0.15) is 48.7 Å². The standard InChI is InChI=1S/C16H22N2O/c1-5-16(3,4)18-15(19)14-9-8-13(7-6-10-17)12(2)11-14/h8-9,11H,5,10,17H2,1-4H3,(H,18,19). The van der Waals surface area contributed by atoms with Gasteiger partial charge in [-0.25, -0.2) is 0 Å². The lowest BCUT2D eigenvalue weighted by atomic mass is 10.00. The Morgan fingerprint density at radius 1 is 1.42 bits per heavy atom. The number of hydrogen-bond acceptors (Lipinski definition) is 2. The van der Waals surface area contributed by atoms with E-state index in [1.807, 2.05) is 32.9 Å². The predicted molar refractivity (Wildman–Crippen MR) is 78.9 cm³/mol. The van der Waals surface area contributed by atoms with Crippen molar-refractivity contribution in [1.29, 1.82) is 0 Å². The van der Waals surface area contributed by atoms with Crippen molar-refractivity contribution in [1.82, 2.24) is 5.32 Å². The van der Waals surface area contributed by atoms with Crippen molar-refractivity contribution in [3.63, 3.8) is 0 Å². The van der Waals surface area contributed by atoms with Crippen LogP contribution in [-0.2, 0) is 0 Å². The third-order valence-corrected chi connectivity index (χ3v) is 3.15. The number of benzene rings is 1. The molecule has 0 aromatic heterocycles. The maximum atomic E-state index is 12.1. The molecule has 0 unspecified atom stereocenters. The number of rotatable bonds is 3. The normalized spacial score (nSPS) is 10.6. The second-order valence-corrected chi connectivity index (χ2v) is 5.23. The van der Waals surface area contributed by atoms with E-state index in [1.54, 1.807) is 6.07 Å². The molecule has 1 aromatic carbocycles. The first-order chi connectivity index (χ1) is 8.89. The highest BCUT2D eigenvalue weighted by Crippen LogP contribution is 2.13. The number of carbonyl (C=O) groups is 1. The van der Waals surface area contributed by atoms with Crippen molar-refractivity contribution < 1.29 is 4.79 Å². The molecule has 0 heterocycles. The van der Waals surface area contributed by atoms with Gasteiger partial charge in [-0.3, -0.25) is 4.79 Å². The van der Waals surface area contributed by atoms with Crippen LogP contribution in [0.15, 0.2) is 18.2 Å². The molecule has 0 spiro atoms. The van der Waals surface area contributed by atoms with E-state index in [0.29, 0.717) is 12.1 Å². The molecular weight excluding hydrogens is 236 g/mol. The largest absolute Gasteiger partial charge is 0.347 e. The van der Waals surface area contributed by atoms with E-state index < -0.39 is 0 Å². The second kappa shape index (κ2) is 6.40. The number of amides is 1. The molecule has 0 fully saturated rings. The summed E-state index contributed by atoms with van der Waals surface area (Å²) in [6.45, 7) is 8.36. The van der Waals surface area contributed by atoms with Crippen molar-refractivity contribution in [2.24, 2.45) is 5.73 Å². The summed E-state index contributed by atoms with van der Waals surface area (Å²) >= 11 is 0. The Balaban J connectivity index is 2.92. The van der Waals surface area contributed by atoms with Crippen molar-refractivity contribution in [2.75, 3.05) is 6.54 Å². The van der Waals surface area contributed by atoms with Gasteiger partial charge in [0, 0.05) is 16.7 Å². The van der Waals surface area contributed by atoms with Crippen LogP contribution in [0.2, 0.25) is 0 Å². The Morgan fingerprint density at radius 3 is 2.63 bits per heavy atom. The first kappa shape index (κ1) is 15.3. The smallest absolute Gasteiger partial charge is 0.251 e. The second-order valence-electron chi connectivity index (χ2n) is 5.23. The molecule has 1 aromatic rings. The molecule has 0 saturated heterocycles. The van der Waals surface area contributed by atoms with E-state index in [1.165, 1.54) is 0 Å². The van der Waals surface area contributed by atoms with Gasteiger partial charge in [0.1, 0.15) is 0 Å². The minimum absolute atomic E-state index is 0.0479. The molecule has 102 valence electrons. The fourth-order valence-corrected chi connectivity index (χ4v) is 1.56. The minimum Gasteiger partial charge on any atom is -0.347 e. The van der Waals surface area contributed by atoms with Crippen molar-refractivity contribution in [3.8, 4) is 11.8 Å². The molecule has 1 amide bonds. The van der Waals surface area contributed by atoms with Crippen LogP contribution in [-0.4, -0.2) is 18.0 Å². The number of nitrogens with two attached hydrogens (primary N) is 1. The van der Waals surface area contributed by atoms with Gasteiger partial charge in [-0.1, -0.05) is 18.8 Å². The summed E-state index contributed by atoms with van der Waals surface area (Å²) in [5.74, 6) is 5.76. The Bertz CT molecular complexity index is 521. The number of nitrogens with one attached hydrogen (secondary N) is 1. The Kier molecular flexibility index (Phi) is 5.14. The number of carbonyl (C=O) groups excluding carboxylic acids is 1. The van der Waals surface area contributed by atoms with E-state index >= 15 is 0 Å². The summed E-state index contributed by atoms with van der Waals surface area (Å²) in [6.07, 6.45) is 0.887. The zero-order valence-electron chi connectivity index (χ0n) is 12.1. The molecule has 0 aliphatic heterocycles. The number of aryl methyl sites for hydroxylation is 1. The molecular formula is C16H22N2O. The Morgan fingerprint density at radius 2 is 2.11 bits per heavy atom. The summed E-state index contributed by atoms with van der Waals surface area (Å²) in [7, 11) is 0. The highest BCUT2D eigenvalue weighted by atomic mass is 16.1. The summed E-state index contributed by atoms with van der Waals surface area (Å²) in [5.41, 5.74) is 7.73. The highest BCUT2D eigenvalue weighted by molar-refractivity contribution is 5.95. The lowest BCUT2D eigenvalue weighted by molar-refractivity contribution is 0.0911. The fourth-order valence-electron chi connectivity index (χ4n) is 1.56. The quantitative estimate of drug-likeness (QED) is 0.817. The Hall–Kier alpha value is -1.79. The van der Waals surface area contributed by atoms with E-state index in [2.05, 4.69) is 24.1 Å². The molecule has 0 atom stereocenters. The SMILES string of the molecule is CCC(C)(C)NC(=O)c1ccc(C#CCN)c(C)c1. The van der Waals surface area contributed by atoms with Crippen LogP contribution in [0.5, 0.6) is 0 Å². The van der Waals surface area contributed by atoms with E-state index in [9.17, 15) is 4.79 Å². The maximum absolute atomic E-state index is 12.1. The molecule has 3 nitrogen and oxygen atoms in total. The van der Waals surface area contributed by atoms with Crippen molar-refractivity contribution in [2.45, 2.75) is 39.7 Å². The van der Waals surface area contributed by atoms with Gasteiger partial charge in [0.15, 0.2) is 0 Å². The molecule has 3 N–H and O–H groups in total. The third kappa shape index (κ3) is 4.42. The summed E-state index contributed by atoms with van der Waals surface area (Å²) in [6, 6.07) is 5.53. The molecule has 0 radical (unpaired) electrons. The molecule has 3 heteroatoms. The van der Waals surface area contributed by atoms with Crippen LogP contribution in [0.4, 0.5) is 0 Å². The lowest BCUT2D eigenvalue weighted by Gasteiger charge is -2.24. The summed E-state index contributed by atoms with van der Waals surface area (Å²) < 4.78 is 0. The Labute approximate surface area is 115 Å². The summed E-state index contributed by atoms with van der Waals surface area (Å²) in [4.78, 5) is 12.1. The van der Waals surface area contributed by atoms with Crippen molar-refractivity contribution in [3.05, 3.63) is 34.9 Å². The van der Waals surface area contributed by atoms with Crippen LogP contribution in [0.3, 0.4) is 0 Å². The molecule has 0 saturated carbocycles. The molecule has 1 rings (SSSR count). The van der Waals surface area contributed by atoms with Gasteiger partial charge < -0.3 is 11.1 Å². The maximum Gasteiger partial charge on any atom is 0.251 e. The van der Waals surface area contributed by atoms with Gasteiger partial charge in [0.05, 0.1) is 6.54 Å². The molecule has 0 bridgehead atoms. The van der Waals surface area contributed by atoms with Crippen LogP contribution in [0.25, 0.3) is 0 Å². The van der Waals surface area contributed by atoms with E-state index in [4.69, 9.17) is 5.73 Å². The van der Waals surface area contributed by atoms with E-state index in [0.717, 1.165) is 17.5 Å². The highest BCUT2D eigenvalue weighted by Gasteiger charge is 2.18. The van der Waals surface area contributed by atoms with Crippen LogP contribution in [0, 0.1) is 18.8 Å². The van der Waals surface area contributed by atoms with Gasteiger partial charge in [-0.2, -0.15) is 0 Å². The van der Waals surface area contributed by atoms with Gasteiger partial charge in [0.2, 0.25) is 0 Å². The zero-order chi connectivity index (χ0) is 14.5. The van der Waals surface area contributed by atoms with Gasteiger partial charge in [-0.05, 0) is 51.0 Å². The average Bonchev–Trinajstić information content (AvgIpc) is 2.36. The third-order valence-electron chi connectivity index (χ3n) is 3.15. The van der Waals surface area contributed by atoms with Gasteiger partial charge in [0.25, 0.3) is 5.91 Å². The lowest BCUT2D eigenvalue weighted by Crippen LogP contribution is -2.42. The predicted octanol–water partition coefficient (Wildman–Crippen LogP) is 2.22. The minimum atomic E-state index is -0.191. The first-order valence-electron chi connectivity index (χ1n) is 6.51. The van der Waals surface area contributed by atoms with Gasteiger partial charge in [-0.15, -0.1) is 0 Å². The fraction of sp³-hybridized carbons (Fsp3) is 0.438. The monoisotopic (exact) mass is 258 g/mol. The summed E-state index contributed by atoms with van der Waals surface area (Å²) in [5, 5.41) is 3.02. The molecule has 0 aliphatic rings. The van der Waals surface area contributed by atoms with Crippen LogP contribution < -0.4 is 11.1 Å². The number of hydrogen-bond donors (Lipinski definition) is 2. The topological polar surface area (TPSA) is 55.1 Å². The zero-order valence-corrected chi connectivity index (χ0v) is 12.1. The van der Waals surface area contributed by atoms with Crippen LogP contribution >= 0.6 is 0 Å². The van der Waals surface area contributed by atoms with E-state index in [-0.39, 0.29) is 11.4 Å². The van der Waals surface area contributed by atoms with Gasteiger partial charge >= 0.3 is 0 Å². The average molecular weight is 258 g/mol. The molecule has 0 aliphatic carbocycles. The first-order valence-corrected chi connectivity index (χ1v) is 6.51. The molecule has 19 heavy (non-hydrogen) atoms. The van der Waals surface area contributed by atoms with Crippen molar-refractivity contribution >= 4 is 5.91 Å².